The van der Waals surface area contributed by atoms with Gasteiger partial charge in [-0.05, 0) is 19.0 Å². The quantitative estimate of drug-likeness (QED) is 0.881. The van der Waals surface area contributed by atoms with Gasteiger partial charge in [0.1, 0.15) is 0 Å². The summed E-state index contributed by atoms with van der Waals surface area (Å²) in [5.41, 5.74) is 1.69. The molecule has 0 aliphatic rings. The van der Waals surface area contributed by atoms with Crippen LogP contribution in [0.3, 0.4) is 0 Å². The van der Waals surface area contributed by atoms with Crippen LogP contribution in [0.2, 0.25) is 0 Å². The molecule has 5 heteroatoms. The number of aliphatic hydroxyl groups is 1. The van der Waals surface area contributed by atoms with E-state index in [2.05, 4.69) is 0 Å². The fourth-order valence-corrected chi connectivity index (χ4v) is 1.70. The minimum Gasteiger partial charge on any atom is -0.387 e. The van der Waals surface area contributed by atoms with Crippen LogP contribution in [-0.2, 0) is 0 Å². The Kier molecular flexibility index (Phi) is 5.16. The maximum absolute atomic E-state index is 12.3. The maximum Gasteiger partial charge on any atom is 0.401 e. The van der Waals surface area contributed by atoms with Gasteiger partial charge >= 0.3 is 6.18 Å². The molecule has 18 heavy (non-hydrogen) atoms. The number of aryl methyl sites for hydroxylation is 1. The first-order valence-corrected chi connectivity index (χ1v) is 5.85. The van der Waals surface area contributed by atoms with Gasteiger partial charge in [-0.15, -0.1) is 0 Å². The predicted octanol–water partition coefficient (Wildman–Crippen LogP) is 2.91. The SMILES string of the molecule is CCN(CC(O)c1ccc(C)cc1)CC(F)(F)F. The number of hydrogen-bond acceptors (Lipinski definition) is 2. The van der Waals surface area contributed by atoms with E-state index >= 15 is 0 Å². The molecule has 0 radical (unpaired) electrons. The third-order valence-corrected chi connectivity index (χ3v) is 2.74. The summed E-state index contributed by atoms with van der Waals surface area (Å²) in [4.78, 5) is 1.19. The molecule has 0 aliphatic carbocycles. The van der Waals surface area contributed by atoms with E-state index in [1.165, 1.54) is 4.90 Å². The first-order chi connectivity index (χ1) is 8.31. The van der Waals surface area contributed by atoms with Crippen molar-refractivity contribution in [3.8, 4) is 0 Å². The molecule has 0 bridgehead atoms. The molecule has 102 valence electrons. The third-order valence-electron chi connectivity index (χ3n) is 2.74. The van der Waals surface area contributed by atoms with Crippen LogP contribution in [0.4, 0.5) is 13.2 Å². The van der Waals surface area contributed by atoms with Gasteiger partial charge in [-0.1, -0.05) is 36.8 Å². The molecule has 1 unspecified atom stereocenters. The molecule has 0 aromatic heterocycles. The standard InChI is InChI=1S/C13H18F3NO/c1-3-17(9-13(14,15)16)8-12(18)11-6-4-10(2)5-7-11/h4-7,12,18H,3,8-9H2,1-2H3. The first kappa shape index (κ1) is 15.0. The Balaban J connectivity index is 2.61. The van der Waals surface area contributed by atoms with Gasteiger partial charge in [-0.25, -0.2) is 0 Å². The summed E-state index contributed by atoms with van der Waals surface area (Å²) in [5.74, 6) is 0. The summed E-state index contributed by atoms with van der Waals surface area (Å²) in [5, 5.41) is 9.90. The number of nitrogens with zero attached hydrogens (tertiary/aromatic N) is 1. The average molecular weight is 261 g/mol. The van der Waals surface area contributed by atoms with E-state index in [-0.39, 0.29) is 13.1 Å². The van der Waals surface area contributed by atoms with Crippen LogP contribution in [0.25, 0.3) is 0 Å². The number of alkyl halides is 3. The highest BCUT2D eigenvalue weighted by Crippen LogP contribution is 2.20. The Morgan fingerprint density at radius 1 is 1.22 bits per heavy atom. The van der Waals surface area contributed by atoms with Crippen LogP contribution >= 0.6 is 0 Å². The number of hydrogen-bond donors (Lipinski definition) is 1. The minimum absolute atomic E-state index is 0.0148. The normalized spacial score (nSPS) is 13.9. The van der Waals surface area contributed by atoms with Gasteiger partial charge in [0.05, 0.1) is 12.6 Å². The van der Waals surface area contributed by atoms with Gasteiger partial charge in [-0.2, -0.15) is 13.2 Å². The molecule has 1 atom stereocenters. The van der Waals surface area contributed by atoms with Crippen LogP contribution in [0.1, 0.15) is 24.2 Å². The van der Waals surface area contributed by atoms with Crippen molar-refractivity contribution in [1.82, 2.24) is 4.90 Å². The van der Waals surface area contributed by atoms with Gasteiger partial charge in [-0.3, -0.25) is 4.90 Å². The van der Waals surface area contributed by atoms with Crippen molar-refractivity contribution in [2.75, 3.05) is 19.6 Å². The summed E-state index contributed by atoms with van der Waals surface area (Å²) in [6, 6.07) is 7.14. The van der Waals surface area contributed by atoms with E-state index in [1.54, 1.807) is 19.1 Å². The second-order valence-corrected chi connectivity index (χ2v) is 4.37. The number of halogens is 3. The Labute approximate surface area is 105 Å². The first-order valence-electron chi connectivity index (χ1n) is 5.85. The summed E-state index contributed by atoms with van der Waals surface area (Å²) < 4.78 is 36.8. The lowest BCUT2D eigenvalue weighted by atomic mass is 10.1. The zero-order valence-corrected chi connectivity index (χ0v) is 10.5. The average Bonchev–Trinajstić information content (AvgIpc) is 2.27. The fourth-order valence-electron chi connectivity index (χ4n) is 1.70. The highest BCUT2D eigenvalue weighted by molar-refractivity contribution is 5.23. The van der Waals surface area contributed by atoms with Crippen molar-refractivity contribution in [1.29, 1.82) is 0 Å². The molecule has 0 heterocycles. The summed E-state index contributed by atoms with van der Waals surface area (Å²) in [7, 11) is 0. The molecular weight excluding hydrogens is 243 g/mol. The van der Waals surface area contributed by atoms with Crippen LogP contribution in [0.5, 0.6) is 0 Å². The lowest BCUT2D eigenvalue weighted by Crippen LogP contribution is -2.36. The zero-order valence-electron chi connectivity index (χ0n) is 10.5. The van der Waals surface area contributed by atoms with Crippen LogP contribution < -0.4 is 0 Å². The number of aliphatic hydroxyl groups excluding tert-OH is 1. The molecule has 0 amide bonds. The molecule has 0 spiro atoms. The monoisotopic (exact) mass is 261 g/mol. The lowest BCUT2D eigenvalue weighted by molar-refractivity contribution is -0.148. The maximum atomic E-state index is 12.3. The molecule has 1 aromatic carbocycles. The van der Waals surface area contributed by atoms with Crippen molar-refractivity contribution in [3.63, 3.8) is 0 Å². The highest BCUT2D eigenvalue weighted by atomic mass is 19.4. The van der Waals surface area contributed by atoms with E-state index in [0.29, 0.717) is 5.56 Å². The van der Waals surface area contributed by atoms with Gasteiger partial charge in [0, 0.05) is 6.54 Å². The second kappa shape index (κ2) is 6.20. The Morgan fingerprint density at radius 3 is 2.22 bits per heavy atom. The molecule has 1 N–H and O–H groups in total. The topological polar surface area (TPSA) is 23.5 Å². The lowest BCUT2D eigenvalue weighted by Gasteiger charge is -2.24. The Bertz CT molecular complexity index is 361. The van der Waals surface area contributed by atoms with Gasteiger partial charge < -0.3 is 5.11 Å². The predicted molar refractivity (Wildman–Crippen MR) is 64.3 cm³/mol. The molecule has 0 saturated heterocycles. The molecule has 0 aliphatic heterocycles. The Morgan fingerprint density at radius 2 is 1.78 bits per heavy atom. The van der Waals surface area contributed by atoms with Crippen LogP contribution in [0, 0.1) is 6.92 Å². The zero-order chi connectivity index (χ0) is 13.8. The van der Waals surface area contributed by atoms with E-state index in [1.807, 2.05) is 19.1 Å². The summed E-state index contributed by atoms with van der Waals surface area (Å²) in [6.45, 7) is 2.81. The van der Waals surface area contributed by atoms with Gasteiger partial charge in [0.25, 0.3) is 0 Å². The van der Waals surface area contributed by atoms with Gasteiger partial charge in [0.2, 0.25) is 0 Å². The summed E-state index contributed by atoms with van der Waals surface area (Å²) >= 11 is 0. The fraction of sp³-hybridized carbons (Fsp3) is 0.538. The van der Waals surface area contributed by atoms with Crippen molar-refractivity contribution in [2.24, 2.45) is 0 Å². The highest BCUT2D eigenvalue weighted by Gasteiger charge is 2.30. The molecule has 0 fully saturated rings. The summed E-state index contributed by atoms with van der Waals surface area (Å²) in [6.07, 6.45) is -5.13. The second-order valence-electron chi connectivity index (χ2n) is 4.37. The molecule has 0 saturated carbocycles. The van der Waals surface area contributed by atoms with Crippen LogP contribution in [-0.4, -0.2) is 35.8 Å². The molecule has 2 nitrogen and oxygen atoms in total. The van der Waals surface area contributed by atoms with Crippen molar-refractivity contribution < 1.29 is 18.3 Å². The van der Waals surface area contributed by atoms with Crippen molar-refractivity contribution in [2.45, 2.75) is 26.1 Å². The smallest absolute Gasteiger partial charge is 0.387 e. The van der Waals surface area contributed by atoms with E-state index in [4.69, 9.17) is 0 Å². The molecule has 1 rings (SSSR count). The van der Waals surface area contributed by atoms with E-state index in [0.717, 1.165) is 5.56 Å². The minimum atomic E-state index is -4.23. The molecule has 1 aromatic rings. The van der Waals surface area contributed by atoms with Crippen molar-refractivity contribution >= 4 is 0 Å². The number of rotatable bonds is 5. The van der Waals surface area contributed by atoms with Gasteiger partial charge in [0.15, 0.2) is 0 Å². The largest absolute Gasteiger partial charge is 0.401 e. The Hall–Kier alpha value is -1.07. The van der Waals surface area contributed by atoms with Crippen LogP contribution in [0.15, 0.2) is 24.3 Å². The number of likely N-dealkylation sites (N-methyl/N-ethyl adjacent to an activating group) is 1. The third kappa shape index (κ3) is 5.06. The van der Waals surface area contributed by atoms with E-state index < -0.39 is 18.8 Å². The van der Waals surface area contributed by atoms with E-state index in [9.17, 15) is 18.3 Å². The number of benzene rings is 1. The molecular formula is C13H18F3NO. The van der Waals surface area contributed by atoms with Crippen molar-refractivity contribution in [3.05, 3.63) is 35.4 Å².